The van der Waals surface area contributed by atoms with Crippen LogP contribution in [-0.4, -0.2) is 48.9 Å². The third kappa shape index (κ3) is 5.08. The van der Waals surface area contributed by atoms with Crippen molar-refractivity contribution in [3.8, 4) is 0 Å². The highest BCUT2D eigenvalue weighted by molar-refractivity contribution is 7.98. The Bertz CT molecular complexity index is 385. The Hall–Kier alpha value is -1.04. The predicted octanol–water partition coefficient (Wildman–Crippen LogP) is 1.66. The van der Waals surface area contributed by atoms with Crippen LogP contribution in [0.2, 0.25) is 0 Å². The maximum Gasteiger partial charge on any atom is 0.238 e. The minimum Gasteiger partial charge on any atom is -0.396 e. The fraction of sp³-hybridized carbons (Fsp3) is 0.462. The summed E-state index contributed by atoms with van der Waals surface area (Å²) in [5.41, 5.74) is 0.852. The molecule has 4 nitrogen and oxygen atoms in total. The number of anilines is 1. The van der Waals surface area contributed by atoms with E-state index in [1.54, 1.807) is 11.8 Å². The van der Waals surface area contributed by atoms with E-state index in [-0.39, 0.29) is 12.5 Å². The SMILES string of the molecule is CSc1ccccc1NC(=O)CN(C)CCCO. The minimum atomic E-state index is -0.0306. The summed E-state index contributed by atoms with van der Waals surface area (Å²) in [4.78, 5) is 14.8. The summed E-state index contributed by atoms with van der Waals surface area (Å²) in [5.74, 6) is -0.0306. The van der Waals surface area contributed by atoms with E-state index in [2.05, 4.69) is 5.32 Å². The molecule has 100 valence electrons. The fourth-order valence-corrected chi connectivity index (χ4v) is 2.16. The normalized spacial score (nSPS) is 10.7. The maximum atomic E-state index is 11.8. The zero-order valence-corrected chi connectivity index (χ0v) is 11.7. The van der Waals surface area contributed by atoms with Gasteiger partial charge in [-0.2, -0.15) is 0 Å². The first kappa shape index (κ1) is 15.0. The summed E-state index contributed by atoms with van der Waals surface area (Å²) in [7, 11) is 1.87. The zero-order chi connectivity index (χ0) is 13.4. The molecule has 0 fully saturated rings. The maximum absolute atomic E-state index is 11.8. The van der Waals surface area contributed by atoms with Crippen molar-refractivity contribution in [2.75, 3.05) is 38.3 Å². The van der Waals surface area contributed by atoms with Gasteiger partial charge < -0.3 is 10.4 Å². The molecule has 1 aromatic rings. The highest BCUT2D eigenvalue weighted by Crippen LogP contribution is 2.24. The molecule has 2 N–H and O–H groups in total. The molecule has 0 aromatic heterocycles. The fourth-order valence-electron chi connectivity index (χ4n) is 1.60. The number of para-hydroxylation sites is 1. The molecular weight excluding hydrogens is 248 g/mol. The molecule has 5 heteroatoms. The van der Waals surface area contributed by atoms with Gasteiger partial charge in [-0.05, 0) is 31.9 Å². The lowest BCUT2D eigenvalue weighted by Gasteiger charge is -2.16. The van der Waals surface area contributed by atoms with Crippen molar-refractivity contribution < 1.29 is 9.90 Å². The Kier molecular flexibility index (Phi) is 6.78. The smallest absolute Gasteiger partial charge is 0.238 e. The van der Waals surface area contributed by atoms with Crippen LogP contribution in [0.3, 0.4) is 0 Å². The molecule has 1 amide bonds. The van der Waals surface area contributed by atoms with Gasteiger partial charge in [0.1, 0.15) is 0 Å². The second kappa shape index (κ2) is 8.13. The van der Waals surface area contributed by atoms with Gasteiger partial charge in [0.15, 0.2) is 0 Å². The van der Waals surface area contributed by atoms with Gasteiger partial charge in [0, 0.05) is 18.0 Å². The summed E-state index contributed by atoms with van der Waals surface area (Å²) >= 11 is 1.61. The molecule has 0 radical (unpaired) electrons. The summed E-state index contributed by atoms with van der Waals surface area (Å²) in [6, 6.07) is 7.74. The quantitative estimate of drug-likeness (QED) is 0.739. The van der Waals surface area contributed by atoms with Crippen LogP contribution >= 0.6 is 11.8 Å². The first-order chi connectivity index (χ1) is 8.67. The van der Waals surface area contributed by atoms with E-state index in [4.69, 9.17) is 5.11 Å². The van der Waals surface area contributed by atoms with Crippen LogP contribution in [0, 0.1) is 0 Å². The molecule has 0 aliphatic rings. The van der Waals surface area contributed by atoms with E-state index in [1.165, 1.54) is 0 Å². The molecule has 0 unspecified atom stereocenters. The minimum absolute atomic E-state index is 0.0306. The number of nitrogens with one attached hydrogen (secondary N) is 1. The van der Waals surface area contributed by atoms with Gasteiger partial charge in [-0.1, -0.05) is 12.1 Å². The van der Waals surface area contributed by atoms with Crippen LogP contribution in [-0.2, 0) is 4.79 Å². The molecular formula is C13H20N2O2S. The topological polar surface area (TPSA) is 52.6 Å². The lowest BCUT2D eigenvalue weighted by Crippen LogP contribution is -2.31. The molecule has 1 rings (SSSR count). The molecule has 18 heavy (non-hydrogen) atoms. The molecule has 0 saturated carbocycles. The molecule has 0 aliphatic carbocycles. The second-order valence-electron chi connectivity index (χ2n) is 4.06. The lowest BCUT2D eigenvalue weighted by atomic mass is 10.3. The van der Waals surface area contributed by atoms with Crippen molar-refractivity contribution in [2.24, 2.45) is 0 Å². The van der Waals surface area contributed by atoms with Crippen LogP contribution in [0.5, 0.6) is 0 Å². The first-order valence-electron chi connectivity index (χ1n) is 5.89. The van der Waals surface area contributed by atoms with E-state index in [1.807, 2.05) is 42.5 Å². The van der Waals surface area contributed by atoms with Gasteiger partial charge in [0.05, 0.1) is 12.2 Å². The number of hydrogen-bond donors (Lipinski definition) is 2. The Labute approximate surface area is 112 Å². The van der Waals surface area contributed by atoms with Crippen molar-refractivity contribution >= 4 is 23.4 Å². The highest BCUT2D eigenvalue weighted by atomic mass is 32.2. The van der Waals surface area contributed by atoms with Crippen molar-refractivity contribution in [3.63, 3.8) is 0 Å². The molecule has 1 aromatic carbocycles. The van der Waals surface area contributed by atoms with Crippen LogP contribution < -0.4 is 5.32 Å². The number of nitrogens with zero attached hydrogens (tertiary/aromatic N) is 1. The summed E-state index contributed by atoms with van der Waals surface area (Å²) < 4.78 is 0. The van der Waals surface area contributed by atoms with Gasteiger partial charge in [-0.3, -0.25) is 9.69 Å². The largest absolute Gasteiger partial charge is 0.396 e. The Morgan fingerprint density at radius 2 is 2.17 bits per heavy atom. The van der Waals surface area contributed by atoms with E-state index in [0.29, 0.717) is 19.5 Å². The van der Waals surface area contributed by atoms with Crippen LogP contribution in [0.25, 0.3) is 0 Å². The Balaban J connectivity index is 2.49. The number of amides is 1. The number of carbonyl (C=O) groups excluding carboxylic acids is 1. The highest BCUT2D eigenvalue weighted by Gasteiger charge is 2.08. The monoisotopic (exact) mass is 268 g/mol. The third-order valence-electron chi connectivity index (χ3n) is 2.49. The standard InChI is InChI=1S/C13H20N2O2S/c1-15(8-5-9-16)10-13(17)14-11-6-3-4-7-12(11)18-2/h3-4,6-7,16H,5,8-10H2,1-2H3,(H,14,17). The number of thioether (sulfide) groups is 1. The van der Waals surface area contributed by atoms with Crippen LogP contribution in [0.15, 0.2) is 29.2 Å². The molecule has 0 bridgehead atoms. The summed E-state index contributed by atoms with van der Waals surface area (Å²) in [6.07, 6.45) is 2.67. The Morgan fingerprint density at radius 1 is 1.44 bits per heavy atom. The molecule has 0 spiro atoms. The van der Waals surface area contributed by atoms with Gasteiger partial charge in [-0.15, -0.1) is 11.8 Å². The molecule has 0 atom stereocenters. The lowest BCUT2D eigenvalue weighted by molar-refractivity contribution is -0.117. The number of aliphatic hydroxyl groups is 1. The van der Waals surface area contributed by atoms with Gasteiger partial charge in [-0.25, -0.2) is 0 Å². The molecule has 0 heterocycles. The Morgan fingerprint density at radius 3 is 2.83 bits per heavy atom. The van der Waals surface area contributed by atoms with Gasteiger partial charge in [0.2, 0.25) is 5.91 Å². The summed E-state index contributed by atoms with van der Waals surface area (Å²) in [6.45, 7) is 1.21. The van der Waals surface area contributed by atoms with Crippen molar-refractivity contribution in [3.05, 3.63) is 24.3 Å². The van der Waals surface area contributed by atoms with Crippen LogP contribution in [0.1, 0.15) is 6.42 Å². The van der Waals surface area contributed by atoms with Gasteiger partial charge in [0.25, 0.3) is 0 Å². The number of aliphatic hydroxyl groups excluding tert-OH is 1. The zero-order valence-electron chi connectivity index (χ0n) is 10.8. The predicted molar refractivity (Wildman–Crippen MR) is 76.1 cm³/mol. The molecule has 0 saturated heterocycles. The third-order valence-corrected chi connectivity index (χ3v) is 3.29. The average molecular weight is 268 g/mol. The summed E-state index contributed by atoms with van der Waals surface area (Å²) in [5, 5.41) is 11.6. The van der Waals surface area contributed by atoms with E-state index in [9.17, 15) is 4.79 Å². The van der Waals surface area contributed by atoms with E-state index in [0.717, 1.165) is 10.6 Å². The average Bonchev–Trinajstić information content (AvgIpc) is 2.36. The van der Waals surface area contributed by atoms with Crippen molar-refractivity contribution in [2.45, 2.75) is 11.3 Å². The van der Waals surface area contributed by atoms with Crippen molar-refractivity contribution in [1.82, 2.24) is 4.90 Å². The van der Waals surface area contributed by atoms with Gasteiger partial charge >= 0.3 is 0 Å². The number of carbonyl (C=O) groups is 1. The number of likely N-dealkylation sites (N-methyl/N-ethyl adjacent to an activating group) is 1. The first-order valence-corrected chi connectivity index (χ1v) is 7.12. The molecule has 0 aliphatic heterocycles. The van der Waals surface area contributed by atoms with E-state index >= 15 is 0 Å². The second-order valence-corrected chi connectivity index (χ2v) is 4.91. The number of hydrogen-bond acceptors (Lipinski definition) is 4. The van der Waals surface area contributed by atoms with Crippen LogP contribution in [0.4, 0.5) is 5.69 Å². The number of rotatable bonds is 7. The van der Waals surface area contributed by atoms with E-state index < -0.39 is 0 Å². The van der Waals surface area contributed by atoms with Crippen molar-refractivity contribution in [1.29, 1.82) is 0 Å². The number of benzene rings is 1.